The van der Waals surface area contributed by atoms with Gasteiger partial charge < -0.3 is 19.7 Å². The lowest BCUT2D eigenvalue weighted by atomic mass is 9.95. The van der Waals surface area contributed by atoms with Gasteiger partial charge in [-0.3, -0.25) is 24.8 Å². The highest BCUT2D eigenvalue weighted by molar-refractivity contribution is 6.39. The second-order valence-corrected chi connectivity index (χ2v) is 8.47. The van der Waals surface area contributed by atoms with Crippen molar-refractivity contribution in [2.45, 2.75) is 19.8 Å². The number of likely N-dealkylation sites (tertiary alicyclic amines) is 1. The van der Waals surface area contributed by atoms with Gasteiger partial charge in [0.05, 0.1) is 5.69 Å². The zero-order valence-electron chi connectivity index (χ0n) is 18.7. The average Bonchev–Trinajstić information content (AvgIpc) is 3.33. The van der Waals surface area contributed by atoms with Crippen molar-refractivity contribution in [2.75, 3.05) is 36.8 Å². The molecule has 2 aromatic carbocycles. The van der Waals surface area contributed by atoms with Gasteiger partial charge in [0.2, 0.25) is 18.5 Å². The Bertz CT molecular complexity index is 1150. The number of hydrogen-bond donors (Lipinski definition) is 2. The van der Waals surface area contributed by atoms with E-state index in [0.29, 0.717) is 48.8 Å². The first kappa shape index (κ1) is 21.7. The number of carbonyl (C=O) groups excluding carboxylic acids is 3. The highest BCUT2D eigenvalue weighted by Gasteiger charge is 2.32. The molecule has 0 aliphatic carbocycles. The fourth-order valence-corrected chi connectivity index (χ4v) is 4.15. The number of aliphatic imine (C=N–C) groups is 1. The van der Waals surface area contributed by atoms with Crippen molar-refractivity contribution in [3.8, 4) is 11.5 Å². The summed E-state index contributed by atoms with van der Waals surface area (Å²) < 4.78 is 10.6. The van der Waals surface area contributed by atoms with Gasteiger partial charge in [-0.2, -0.15) is 0 Å². The van der Waals surface area contributed by atoms with Crippen LogP contribution in [0.25, 0.3) is 0 Å². The minimum Gasteiger partial charge on any atom is -0.454 e. The van der Waals surface area contributed by atoms with Crippen molar-refractivity contribution in [3.05, 3.63) is 48.0 Å². The molecule has 2 N–H and O–H groups in total. The fraction of sp³-hybridized carbons (Fsp3) is 0.333. The van der Waals surface area contributed by atoms with Crippen LogP contribution in [-0.2, 0) is 14.4 Å². The molecular formula is C24H25N5O5. The Hall–Kier alpha value is -4.08. The van der Waals surface area contributed by atoms with E-state index in [0.717, 1.165) is 5.56 Å². The van der Waals surface area contributed by atoms with E-state index < -0.39 is 0 Å². The minimum atomic E-state index is -0.278. The van der Waals surface area contributed by atoms with Crippen LogP contribution in [0.15, 0.2) is 47.5 Å². The van der Waals surface area contributed by atoms with Gasteiger partial charge in [0.25, 0.3) is 11.8 Å². The summed E-state index contributed by atoms with van der Waals surface area (Å²) >= 11 is 0. The monoisotopic (exact) mass is 463 g/mol. The van der Waals surface area contributed by atoms with E-state index in [-0.39, 0.29) is 42.8 Å². The van der Waals surface area contributed by atoms with Crippen LogP contribution >= 0.6 is 0 Å². The molecule has 0 saturated carbocycles. The molecule has 5 rings (SSSR count). The molecule has 1 fully saturated rings. The minimum absolute atomic E-state index is 0.0877. The van der Waals surface area contributed by atoms with E-state index >= 15 is 0 Å². The Kier molecular flexibility index (Phi) is 5.79. The summed E-state index contributed by atoms with van der Waals surface area (Å²) in [7, 11) is 0. The Labute approximate surface area is 196 Å². The number of hydrogen-bond acceptors (Lipinski definition) is 7. The van der Waals surface area contributed by atoms with Gasteiger partial charge in [-0.15, -0.1) is 0 Å². The standard InChI is InChI=1S/C24H25N5O5/c1-15-2-5-18(6-3-15)29-21(30)13-25-22(27-29)24(32)28-10-8-16(9-11-28)23(31)26-17-4-7-19-20(12-17)34-14-33-19/h2-7,12,16H,8-11,13-14H2,1H3,(H,25,27)(H,26,31). The Morgan fingerprint density at radius 2 is 1.79 bits per heavy atom. The SMILES string of the molecule is Cc1ccc(N2NC(C(=O)N3CCC(C(=O)Nc4ccc5c(c4)OCO5)CC3)=NCC2=O)cc1. The number of anilines is 2. The quantitative estimate of drug-likeness (QED) is 0.716. The van der Waals surface area contributed by atoms with E-state index in [1.165, 1.54) is 5.01 Å². The maximum Gasteiger partial charge on any atom is 0.290 e. The van der Waals surface area contributed by atoms with Crippen molar-refractivity contribution in [1.29, 1.82) is 0 Å². The largest absolute Gasteiger partial charge is 0.454 e. The second kappa shape index (κ2) is 9.05. The normalized spacial score (nSPS) is 17.8. The number of nitrogens with zero attached hydrogens (tertiary/aromatic N) is 3. The fourth-order valence-electron chi connectivity index (χ4n) is 4.15. The summed E-state index contributed by atoms with van der Waals surface area (Å²) in [6.45, 7) is 2.89. The first-order valence-corrected chi connectivity index (χ1v) is 11.2. The number of piperidine rings is 1. The molecule has 3 heterocycles. The smallest absolute Gasteiger partial charge is 0.290 e. The van der Waals surface area contributed by atoms with E-state index in [2.05, 4.69) is 15.7 Å². The number of ether oxygens (including phenoxy) is 2. The van der Waals surface area contributed by atoms with Crippen molar-refractivity contribution < 1.29 is 23.9 Å². The van der Waals surface area contributed by atoms with Gasteiger partial charge in [0.15, 0.2) is 11.5 Å². The summed E-state index contributed by atoms with van der Waals surface area (Å²) in [6.07, 6.45) is 1.08. The molecule has 10 nitrogen and oxygen atoms in total. The van der Waals surface area contributed by atoms with E-state index in [1.54, 1.807) is 23.1 Å². The Balaban J connectivity index is 1.16. The molecular weight excluding hydrogens is 438 g/mol. The first-order chi connectivity index (χ1) is 16.5. The number of aryl methyl sites for hydroxylation is 1. The second-order valence-electron chi connectivity index (χ2n) is 8.47. The molecule has 0 unspecified atom stereocenters. The topological polar surface area (TPSA) is 113 Å². The number of carbonyl (C=O) groups is 3. The zero-order valence-corrected chi connectivity index (χ0v) is 18.7. The van der Waals surface area contributed by atoms with Gasteiger partial charge >= 0.3 is 0 Å². The third kappa shape index (κ3) is 4.39. The molecule has 0 bridgehead atoms. The van der Waals surface area contributed by atoms with Crippen LogP contribution in [0.4, 0.5) is 11.4 Å². The lowest BCUT2D eigenvalue weighted by Crippen LogP contribution is -2.57. The molecule has 34 heavy (non-hydrogen) atoms. The summed E-state index contributed by atoms with van der Waals surface area (Å²) in [5, 5.41) is 4.28. The molecule has 0 spiro atoms. The molecule has 1 saturated heterocycles. The van der Waals surface area contributed by atoms with Gasteiger partial charge in [0, 0.05) is 30.8 Å². The summed E-state index contributed by atoms with van der Waals surface area (Å²) in [4.78, 5) is 43.9. The van der Waals surface area contributed by atoms with E-state index in [4.69, 9.17) is 9.47 Å². The number of rotatable bonds is 4. The lowest BCUT2D eigenvalue weighted by Gasteiger charge is -2.34. The van der Waals surface area contributed by atoms with Crippen molar-refractivity contribution in [1.82, 2.24) is 10.3 Å². The van der Waals surface area contributed by atoms with Crippen LogP contribution in [0.5, 0.6) is 11.5 Å². The van der Waals surface area contributed by atoms with E-state index in [1.807, 2.05) is 31.2 Å². The van der Waals surface area contributed by atoms with Gasteiger partial charge in [-0.1, -0.05) is 17.7 Å². The molecule has 3 aliphatic heterocycles. The number of amides is 3. The summed E-state index contributed by atoms with van der Waals surface area (Å²) in [6, 6.07) is 12.7. The summed E-state index contributed by atoms with van der Waals surface area (Å²) in [5.74, 6) is 0.586. The molecule has 3 amide bonds. The van der Waals surface area contributed by atoms with Crippen molar-refractivity contribution in [2.24, 2.45) is 10.9 Å². The van der Waals surface area contributed by atoms with Crippen molar-refractivity contribution >= 4 is 34.9 Å². The predicted molar refractivity (Wildman–Crippen MR) is 125 cm³/mol. The number of fused-ring (bicyclic) bond motifs is 1. The molecule has 2 aromatic rings. The maximum atomic E-state index is 13.0. The number of nitrogens with one attached hydrogen (secondary N) is 2. The summed E-state index contributed by atoms with van der Waals surface area (Å²) in [5.41, 5.74) is 5.23. The maximum absolute atomic E-state index is 13.0. The van der Waals surface area contributed by atoms with Gasteiger partial charge in [-0.05, 0) is 44.0 Å². The molecule has 0 radical (unpaired) electrons. The van der Waals surface area contributed by atoms with Crippen LogP contribution in [0.1, 0.15) is 18.4 Å². The Morgan fingerprint density at radius 3 is 2.56 bits per heavy atom. The molecule has 0 atom stereocenters. The highest BCUT2D eigenvalue weighted by Crippen LogP contribution is 2.34. The predicted octanol–water partition coefficient (Wildman–Crippen LogP) is 1.85. The van der Waals surface area contributed by atoms with Gasteiger partial charge in [-0.25, -0.2) is 5.01 Å². The van der Waals surface area contributed by atoms with Crippen LogP contribution < -0.4 is 25.2 Å². The number of benzene rings is 2. The average molecular weight is 463 g/mol. The van der Waals surface area contributed by atoms with Crippen LogP contribution in [0, 0.1) is 12.8 Å². The van der Waals surface area contributed by atoms with Crippen LogP contribution in [0.3, 0.4) is 0 Å². The molecule has 0 aromatic heterocycles. The van der Waals surface area contributed by atoms with E-state index in [9.17, 15) is 14.4 Å². The highest BCUT2D eigenvalue weighted by atomic mass is 16.7. The number of amidine groups is 1. The third-order valence-corrected chi connectivity index (χ3v) is 6.13. The van der Waals surface area contributed by atoms with Crippen LogP contribution in [0.2, 0.25) is 0 Å². The lowest BCUT2D eigenvalue weighted by molar-refractivity contribution is -0.129. The number of hydrazine groups is 1. The molecule has 10 heteroatoms. The Morgan fingerprint density at radius 1 is 1.06 bits per heavy atom. The molecule has 176 valence electrons. The first-order valence-electron chi connectivity index (χ1n) is 11.2. The van der Waals surface area contributed by atoms with Crippen LogP contribution in [-0.4, -0.2) is 54.9 Å². The van der Waals surface area contributed by atoms with Gasteiger partial charge in [0.1, 0.15) is 6.54 Å². The van der Waals surface area contributed by atoms with Crippen molar-refractivity contribution in [3.63, 3.8) is 0 Å². The zero-order chi connectivity index (χ0) is 23.7. The molecule has 3 aliphatic rings. The third-order valence-electron chi connectivity index (χ3n) is 6.13.